The number of barbiturate groups is 1. The van der Waals surface area contributed by atoms with Gasteiger partial charge < -0.3 is 4.90 Å². The molecule has 0 saturated carbocycles. The van der Waals surface area contributed by atoms with E-state index in [1.807, 2.05) is 26.0 Å². The molecule has 0 aliphatic carbocycles. The zero-order valence-electron chi connectivity index (χ0n) is 20.2. The van der Waals surface area contributed by atoms with Crippen molar-refractivity contribution in [2.24, 2.45) is 0 Å². The van der Waals surface area contributed by atoms with E-state index in [1.54, 1.807) is 18.2 Å². The van der Waals surface area contributed by atoms with Crippen molar-refractivity contribution < 1.29 is 14.4 Å². The molecule has 33 heavy (non-hydrogen) atoms. The summed E-state index contributed by atoms with van der Waals surface area (Å²) in [6.07, 6.45) is 2.60. The molecule has 2 aromatic carbocycles. The fourth-order valence-corrected chi connectivity index (χ4v) is 5.34. The number of hydrogen-bond donors (Lipinski definition) is 1. The van der Waals surface area contributed by atoms with Crippen molar-refractivity contribution in [2.75, 3.05) is 16.3 Å². The van der Waals surface area contributed by atoms with Gasteiger partial charge in [-0.1, -0.05) is 19.1 Å². The third-order valence-electron chi connectivity index (χ3n) is 6.60. The summed E-state index contributed by atoms with van der Waals surface area (Å²) in [4.78, 5) is 41.9. The molecule has 172 valence electrons. The summed E-state index contributed by atoms with van der Waals surface area (Å²) in [6.45, 7) is 13.6. The summed E-state index contributed by atoms with van der Waals surface area (Å²) < 4.78 is 0. The Labute approximate surface area is 195 Å². The fraction of sp³-hybridized carbons (Fsp3) is 0.370. The Morgan fingerprint density at radius 3 is 2.36 bits per heavy atom. The minimum absolute atomic E-state index is 0.0511. The molecule has 0 aromatic heterocycles. The lowest BCUT2D eigenvalue weighted by atomic mass is 9.79. The molecule has 4 amide bonds. The van der Waals surface area contributed by atoms with Crippen LogP contribution in [0.3, 0.4) is 0 Å². The molecule has 2 aliphatic rings. The number of urea groups is 1. The number of amides is 4. The maximum atomic E-state index is 13.3. The van der Waals surface area contributed by atoms with E-state index in [4.69, 9.17) is 0 Å². The second-order valence-electron chi connectivity index (χ2n) is 9.78. The van der Waals surface area contributed by atoms with Gasteiger partial charge in [-0.3, -0.25) is 14.9 Å². The SMILES string of the molecule is CCN1c2ccc(/C=C3/C(=O)NC(=O)N(c4cc(C)cc(C)c4)C3=O)cc2C(C)CC1(C)C. The Balaban J connectivity index is 1.74. The van der Waals surface area contributed by atoms with E-state index in [0.717, 1.165) is 34.6 Å². The summed E-state index contributed by atoms with van der Waals surface area (Å²) in [6, 6.07) is 10.8. The zero-order valence-corrected chi connectivity index (χ0v) is 20.2. The number of carbonyl (C=O) groups excluding carboxylic acids is 3. The summed E-state index contributed by atoms with van der Waals surface area (Å²) in [5.41, 5.74) is 5.49. The standard InChI is InChI=1S/C27H31N3O3/c1-7-29-23-9-8-19(13-21(23)18(4)15-27(29,5)6)14-22-24(31)28-26(33)30(25(22)32)20-11-16(2)10-17(3)12-20/h8-14,18H,7,15H2,1-6H3,(H,28,31,33)/b22-14-. The Hall–Kier alpha value is -3.41. The molecular weight excluding hydrogens is 414 g/mol. The normalized spacial score (nSPS) is 21.3. The molecule has 2 aliphatic heterocycles. The predicted molar refractivity (Wildman–Crippen MR) is 131 cm³/mol. The highest BCUT2D eigenvalue weighted by Gasteiger charge is 2.38. The van der Waals surface area contributed by atoms with Crippen LogP contribution in [0.4, 0.5) is 16.2 Å². The van der Waals surface area contributed by atoms with Crippen LogP contribution < -0.4 is 15.1 Å². The van der Waals surface area contributed by atoms with E-state index in [-0.39, 0.29) is 11.1 Å². The predicted octanol–water partition coefficient (Wildman–Crippen LogP) is 5.08. The van der Waals surface area contributed by atoms with E-state index >= 15 is 0 Å². The lowest BCUT2D eigenvalue weighted by molar-refractivity contribution is -0.122. The topological polar surface area (TPSA) is 69.7 Å². The average Bonchev–Trinajstić information content (AvgIpc) is 2.70. The molecule has 1 fully saturated rings. The third kappa shape index (κ3) is 4.06. The van der Waals surface area contributed by atoms with Crippen LogP contribution >= 0.6 is 0 Å². The highest BCUT2D eigenvalue weighted by molar-refractivity contribution is 6.39. The summed E-state index contributed by atoms with van der Waals surface area (Å²) in [7, 11) is 0. The van der Waals surface area contributed by atoms with Gasteiger partial charge >= 0.3 is 6.03 Å². The van der Waals surface area contributed by atoms with E-state index in [1.165, 1.54) is 11.3 Å². The minimum atomic E-state index is -0.730. The van der Waals surface area contributed by atoms with E-state index in [2.05, 4.69) is 50.0 Å². The number of hydrogen-bond acceptors (Lipinski definition) is 4. The van der Waals surface area contributed by atoms with Gasteiger partial charge in [0, 0.05) is 17.8 Å². The van der Waals surface area contributed by atoms with Gasteiger partial charge in [-0.2, -0.15) is 0 Å². The van der Waals surface area contributed by atoms with Gasteiger partial charge in [0.05, 0.1) is 5.69 Å². The fourth-order valence-electron chi connectivity index (χ4n) is 5.34. The van der Waals surface area contributed by atoms with Crippen molar-refractivity contribution in [3.63, 3.8) is 0 Å². The Bertz CT molecular complexity index is 1170. The highest BCUT2D eigenvalue weighted by atomic mass is 16.2. The molecule has 6 heteroatoms. The van der Waals surface area contributed by atoms with Crippen LogP contribution in [-0.4, -0.2) is 29.9 Å². The van der Waals surface area contributed by atoms with E-state index in [0.29, 0.717) is 11.6 Å². The summed E-state index contributed by atoms with van der Waals surface area (Å²) >= 11 is 0. The number of anilines is 2. The number of benzene rings is 2. The molecule has 4 rings (SSSR count). The van der Waals surface area contributed by atoms with Gasteiger partial charge in [0.15, 0.2) is 0 Å². The van der Waals surface area contributed by atoms with Crippen LogP contribution in [0.15, 0.2) is 42.0 Å². The molecule has 1 atom stereocenters. The Morgan fingerprint density at radius 1 is 1.06 bits per heavy atom. The first-order valence-electron chi connectivity index (χ1n) is 11.4. The summed E-state index contributed by atoms with van der Waals surface area (Å²) in [5, 5.41) is 2.32. The van der Waals surface area contributed by atoms with Gasteiger partial charge in [0.25, 0.3) is 11.8 Å². The summed E-state index contributed by atoms with van der Waals surface area (Å²) in [5.74, 6) is -0.941. The van der Waals surface area contributed by atoms with Crippen molar-refractivity contribution in [3.8, 4) is 0 Å². The van der Waals surface area contributed by atoms with Crippen molar-refractivity contribution in [1.29, 1.82) is 0 Å². The first-order valence-corrected chi connectivity index (χ1v) is 11.4. The maximum absolute atomic E-state index is 13.3. The second kappa shape index (κ2) is 8.18. The Kier molecular flexibility index (Phi) is 5.64. The molecule has 1 saturated heterocycles. The van der Waals surface area contributed by atoms with Gasteiger partial charge in [-0.25, -0.2) is 9.69 Å². The number of aryl methyl sites for hydroxylation is 2. The largest absolute Gasteiger partial charge is 0.366 e. The van der Waals surface area contributed by atoms with Gasteiger partial charge in [-0.15, -0.1) is 0 Å². The number of nitrogens with zero attached hydrogens (tertiary/aromatic N) is 2. The number of carbonyl (C=O) groups is 3. The van der Waals surface area contributed by atoms with Crippen LogP contribution in [0.2, 0.25) is 0 Å². The van der Waals surface area contributed by atoms with Crippen LogP contribution in [0.5, 0.6) is 0 Å². The van der Waals surface area contributed by atoms with Crippen LogP contribution in [0.25, 0.3) is 6.08 Å². The molecule has 0 radical (unpaired) electrons. The van der Waals surface area contributed by atoms with Crippen LogP contribution in [0.1, 0.15) is 62.3 Å². The quantitative estimate of drug-likeness (QED) is 0.528. The molecule has 1 N–H and O–H groups in total. The van der Waals surface area contributed by atoms with Crippen LogP contribution in [-0.2, 0) is 9.59 Å². The smallest absolute Gasteiger partial charge is 0.335 e. The monoisotopic (exact) mass is 445 g/mol. The van der Waals surface area contributed by atoms with Crippen molar-refractivity contribution >= 4 is 35.3 Å². The van der Waals surface area contributed by atoms with E-state index < -0.39 is 17.8 Å². The third-order valence-corrected chi connectivity index (χ3v) is 6.60. The number of fused-ring (bicyclic) bond motifs is 1. The highest BCUT2D eigenvalue weighted by Crippen LogP contribution is 2.43. The van der Waals surface area contributed by atoms with Gasteiger partial charge in [-0.05, 0) is 99.6 Å². The zero-order chi connectivity index (χ0) is 24.1. The van der Waals surface area contributed by atoms with Crippen LogP contribution in [0, 0.1) is 13.8 Å². The number of rotatable bonds is 3. The minimum Gasteiger partial charge on any atom is -0.366 e. The molecular formula is C27H31N3O3. The molecule has 2 heterocycles. The lowest BCUT2D eigenvalue weighted by Crippen LogP contribution is -2.54. The molecule has 1 unspecified atom stereocenters. The maximum Gasteiger partial charge on any atom is 0.335 e. The van der Waals surface area contributed by atoms with Gasteiger partial charge in [0.2, 0.25) is 0 Å². The molecule has 6 nitrogen and oxygen atoms in total. The molecule has 0 spiro atoms. The number of imide groups is 2. The van der Waals surface area contributed by atoms with Crippen molar-refractivity contribution in [2.45, 2.75) is 59.4 Å². The lowest BCUT2D eigenvalue weighted by Gasteiger charge is -2.47. The molecule has 2 aromatic rings. The first kappa shape index (κ1) is 22.8. The first-order chi connectivity index (χ1) is 15.5. The Morgan fingerprint density at radius 2 is 1.73 bits per heavy atom. The van der Waals surface area contributed by atoms with Crippen molar-refractivity contribution in [1.82, 2.24) is 5.32 Å². The van der Waals surface area contributed by atoms with Gasteiger partial charge in [0.1, 0.15) is 5.57 Å². The van der Waals surface area contributed by atoms with Crippen molar-refractivity contribution in [3.05, 3.63) is 64.2 Å². The second-order valence-corrected chi connectivity index (χ2v) is 9.78. The average molecular weight is 446 g/mol. The number of nitrogens with one attached hydrogen (secondary N) is 1. The molecule has 0 bridgehead atoms. The van der Waals surface area contributed by atoms with E-state index in [9.17, 15) is 14.4 Å².